The third-order valence-electron chi connectivity index (χ3n) is 4.10. The molecule has 0 spiro atoms. The van der Waals surface area contributed by atoms with Crippen molar-refractivity contribution in [1.82, 2.24) is 0 Å². The van der Waals surface area contributed by atoms with Crippen molar-refractivity contribution in [3.05, 3.63) is 82.8 Å². The number of carbonyl (C=O) groups excluding carboxylic acids is 1. The molecule has 0 atom stereocenters. The van der Waals surface area contributed by atoms with Gasteiger partial charge in [-0.3, -0.25) is 4.79 Å². The van der Waals surface area contributed by atoms with Crippen molar-refractivity contribution in [2.24, 2.45) is 0 Å². The van der Waals surface area contributed by atoms with Crippen LogP contribution in [0.1, 0.15) is 21.9 Å². The van der Waals surface area contributed by atoms with Gasteiger partial charge in [-0.1, -0.05) is 11.6 Å². The maximum atomic E-state index is 12.4. The minimum absolute atomic E-state index is 0.146. The number of benzene rings is 2. The molecule has 1 aliphatic heterocycles. The van der Waals surface area contributed by atoms with E-state index in [1.807, 2.05) is 6.07 Å². The fraction of sp³-hybridized carbons (Fsp3) is 0.136. The van der Waals surface area contributed by atoms with Gasteiger partial charge in [0.25, 0.3) is 0 Å². The first kappa shape index (κ1) is 18.2. The number of hydrogen-bond acceptors (Lipinski definition) is 5. The van der Waals surface area contributed by atoms with Crippen molar-refractivity contribution in [2.75, 3.05) is 13.2 Å². The molecule has 5 nitrogen and oxygen atoms in total. The third kappa shape index (κ3) is 4.38. The van der Waals surface area contributed by atoms with Gasteiger partial charge >= 0.3 is 0 Å². The largest absolute Gasteiger partial charge is 0.486 e. The van der Waals surface area contributed by atoms with Gasteiger partial charge in [-0.25, -0.2) is 0 Å². The van der Waals surface area contributed by atoms with Crippen molar-refractivity contribution in [2.45, 2.75) is 6.61 Å². The fourth-order valence-electron chi connectivity index (χ4n) is 2.70. The van der Waals surface area contributed by atoms with Gasteiger partial charge < -0.3 is 18.6 Å². The van der Waals surface area contributed by atoms with Crippen LogP contribution in [0.2, 0.25) is 5.02 Å². The molecule has 0 radical (unpaired) electrons. The molecule has 0 saturated carbocycles. The molecule has 28 heavy (non-hydrogen) atoms. The summed E-state index contributed by atoms with van der Waals surface area (Å²) in [7, 11) is 0. The van der Waals surface area contributed by atoms with Gasteiger partial charge in [-0.05, 0) is 66.7 Å². The predicted octanol–water partition coefficient (Wildman–Crippen LogP) is 5.18. The average Bonchev–Trinajstić information content (AvgIpc) is 3.19. The SMILES string of the molecule is O=C(/C=C/c1ccc(COc2ccc(Cl)cc2)o1)c1ccc2c(c1)OCCO2. The minimum atomic E-state index is -0.146. The summed E-state index contributed by atoms with van der Waals surface area (Å²) >= 11 is 5.85. The Kier molecular flexibility index (Phi) is 5.35. The molecule has 0 N–H and O–H groups in total. The molecule has 2 heterocycles. The Hall–Kier alpha value is -3.18. The van der Waals surface area contributed by atoms with Crippen LogP contribution in [-0.4, -0.2) is 19.0 Å². The Morgan fingerprint density at radius 1 is 1.00 bits per heavy atom. The number of hydrogen-bond donors (Lipinski definition) is 0. The average molecular weight is 397 g/mol. The molecule has 3 aromatic rings. The van der Waals surface area contributed by atoms with Crippen LogP contribution in [0.15, 0.2) is 65.1 Å². The molecule has 0 fully saturated rings. The van der Waals surface area contributed by atoms with E-state index < -0.39 is 0 Å². The van der Waals surface area contributed by atoms with Crippen molar-refractivity contribution in [3.8, 4) is 17.2 Å². The molecule has 1 aliphatic rings. The zero-order valence-electron chi connectivity index (χ0n) is 14.9. The number of allylic oxidation sites excluding steroid dienone is 1. The maximum absolute atomic E-state index is 12.4. The molecule has 0 unspecified atom stereocenters. The second-order valence-corrected chi connectivity index (χ2v) is 6.54. The number of ether oxygens (including phenoxy) is 3. The zero-order chi connectivity index (χ0) is 19.3. The number of furan rings is 1. The smallest absolute Gasteiger partial charge is 0.186 e. The van der Waals surface area contributed by atoms with Gasteiger partial charge in [-0.15, -0.1) is 0 Å². The summed E-state index contributed by atoms with van der Waals surface area (Å²) in [6.45, 7) is 1.28. The second kappa shape index (κ2) is 8.23. The Morgan fingerprint density at radius 3 is 2.61 bits per heavy atom. The van der Waals surface area contributed by atoms with Crippen LogP contribution in [0.25, 0.3) is 6.08 Å². The molecule has 0 bridgehead atoms. The van der Waals surface area contributed by atoms with E-state index in [0.29, 0.717) is 52.6 Å². The standard InChI is InChI=1S/C22H17ClO5/c23-16-2-4-17(5-3-16)27-14-19-7-6-18(28-19)8-9-20(24)15-1-10-21-22(13-15)26-12-11-25-21/h1-10,13H,11-12,14H2/b9-8+. The van der Waals surface area contributed by atoms with Crippen molar-refractivity contribution in [3.63, 3.8) is 0 Å². The summed E-state index contributed by atoms with van der Waals surface area (Å²) in [6, 6.07) is 15.8. The Balaban J connectivity index is 1.37. The van der Waals surface area contributed by atoms with Gasteiger partial charge in [0.15, 0.2) is 17.3 Å². The topological polar surface area (TPSA) is 57.9 Å². The van der Waals surface area contributed by atoms with E-state index in [4.69, 9.17) is 30.2 Å². The molecular formula is C22H17ClO5. The van der Waals surface area contributed by atoms with Gasteiger partial charge in [0.1, 0.15) is 37.1 Å². The normalized spacial score (nSPS) is 12.9. The lowest BCUT2D eigenvalue weighted by Gasteiger charge is -2.18. The highest BCUT2D eigenvalue weighted by molar-refractivity contribution is 6.30. The van der Waals surface area contributed by atoms with Crippen LogP contribution in [-0.2, 0) is 6.61 Å². The van der Waals surface area contributed by atoms with Crippen molar-refractivity contribution >= 4 is 23.5 Å². The van der Waals surface area contributed by atoms with E-state index in [1.165, 1.54) is 6.08 Å². The van der Waals surface area contributed by atoms with Crippen LogP contribution in [0.3, 0.4) is 0 Å². The maximum Gasteiger partial charge on any atom is 0.186 e. The monoisotopic (exact) mass is 396 g/mol. The van der Waals surface area contributed by atoms with E-state index in [1.54, 1.807) is 54.6 Å². The van der Waals surface area contributed by atoms with Gasteiger partial charge in [0, 0.05) is 10.6 Å². The first-order valence-corrected chi connectivity index (χ1v) is 9.14. The highest BCUT2D eigenvalue weighted by atomic mass is 35.5. The molecule has 1 aromatic heterocycles. The van der Waals surface area contributed by atoms with E-state index in [9.17, 15) is 4.79 Å². The number of halogens is 1. The van der Waals surface area contributed by atoms with E-state index >= 15 is 0 Å². The fourth-order valence-corrected chi connectivity index (χ4v) is 2.82. The Bertz CT molecular complexity index is 1000. The van der Waals surface area contributed by atoms with E-state index in [2.05, 4.69) is 0 Å². The van der Waals surface area contributed by atoms with Crippen LogP contribution in [0.4, 0.5) is 0 Å². The van der Waals surface area contributed by atoms with Gasteiger partial charge in [0.05, 0.1) is 0 Å². The lowest BCUT2D eigenvalue weighted by atomic mass is 10.1. The second-order valence-electron chi connectivity index (χ2n) is 6.10. The van der Waals surface area contributed by atoms with E-state index in [-0.39, 0.29) is 12.4 Å². The van der Waals surface area contributed by atoms with Crippen LogP contribution >= 0.6 is 11.6 Å². The number of ketones is 1. The van der Waals surface area contributed by atoms with Crippen LogP contribution in [0, 0.1) is 0 Å². The summed E-state index contributed by atoms with van der Waals surface area (Å²) in [5.41, 5.74) is 0.526. The minimum Gasteiger partial charge on any atom is -0.486 e. The van der Waals surface area contributed by atoms with E-state index in [0.717, 1.165) is 0 Å². The molecule has 142 valence electrons. The third-order valence-corrected chi connectivity index (χ3v) is 4.35. The summed E-state index contributed by atoms with van der Waals surface area (Å²) in [4.78, 5) is 12.4. The summed E-state index contributed by atoms with van der Waals surface area (Å²) in [5.74, 6) is 3.02. The van der Waals surface area contributed by atoms with Crippen LogP contribution in [0.5, 0.6) is 17.2 Å². The highest BCUT2D eigenvalue weighted by Crippen LogP contribution is 2.31. The summed E-state index contributed by atoms with van der Waals surface area (Å²) in [6.07, 6.45) is 3.10. The lowest BCUT2D eigenvalue weighted by Crippen LogP contribution is -2.15. The number of carbonyl (C=O) groups is 1. The van der Waals surface area contributed by atoms with Gasteiger partial charge in [0.2, 0.25) is 0 Å². The van der Waals surface area contributed by atoms with Gasteiger partial charge in [-0.2, -0.15) is 0 Å². The molecule has 0 aliphatic carbocycles. The highest BCUT2D eigenvalue weighted by Gasteiger charge is 2.13. The molecular weight excluding hydrogens is 380 g/mol. The Morgan fingerprint density at radius 2 is 1.79 bits per heavy atom. The first-order chi connectivity index (χ1) is 13.7. The number of fused-ring (bicyclic) bond motifs is 1. The molecule has 6 heteroatoms. The van der Waals surface area contributed by atoms with Crippen molar-refractivity contribution in [1.29, 1.82) is 0 Å². The van der Waals surface area contributed by atoms with Crippen molar-refractivity contribution < 1.29 is 23.4 Å². The quantitative estimate of drug-likeness (QED) is 0.424. The molecule has 2 aromatic carbocycles. The number of rotatable bonds is 6. The Labute approximate surface area is 167 Å². The summed E-state index contributed by atoms with van der Waals surface area (Å²) in [5, 5.41) is 0.653. The molecule has 4 rings (SSSR count). The first-order valence-electron chi connectivity index (χ1n) is 8.76. The molecule has 0 amide bonds. The summed E-state index contributed by atoms with van der Waals surface area (Å²) < 4.78 is 22.3. The van der Waals surface area contributed by atoms with Crippen LogP contribution < -0.4 is 14.2 Å². The lowest BCUT2D eigenvalue weighted by molar-refractivity contribution is 0.104. The molecule has 0 saturated heterocycles. The zero-order valence-corrected chi connectivity index (χ0v) is 15.6. The predicted molar refractivity (Wildman–Crippen MR) is 105 cm³/mol.